The molecule has 0 rings (SSSR count). The molecule has 0 aliphatic heterocycles. The molecule has 0 saturated heterocycles. The van der Waals surface area contributed by atoms with Gasteiger partial charge >= 0.3 is 37.2 Å². The topological polar surface area (TPSA) is 141 Å². The van der Waals surface area contributed by atoms with E-state index >= 15 is 0 Å². The van der Waals surface area contributed by atoms with E-state index in [0.717, 1.165) is 0 Å². The first-order valence-corrected chi connectivity index (χ1v) is 8.55. The van der Waals surface area contributed by atoms with Crippen molar-refractivity contribution in [3.05, 3.63) is 0 Å². The zero-order valence-electron chi connectivity index (χ0n) is 16.4. The Morgan fingerprint density at radius 3 is 2.25 bits per heavy atom. The third kappa shape index (κ3) is 6.99. The molecule has 4 N–H and O–H groups in total. The molecule has 20 heavy (non-hydrogen) atoms. The van der Waals surface area contributed by atoms with Crippen LogP contribution in [0.15, 0.2) is 0 Å². The summed E-state index contributed by atoms with van der Waals surface area (Å²) in [5.74, 6) is 0. The van der Waals surface area contributed by atoms with Crippen molar-refractivity contribution in [1.82, 2.24) is 4.90 Å². The van der Waals surface area contributed by atoms with E-state index in [9.17, 15) is 19.1 Å². The minimum atomic E-state index is -5.76. The molecule has 0 aromatic heterocycles. The summed E-state index contributed by atoms with van der Waals surface area (Å²) in [7, 11) is -9.93. The predicted octanol–water partition coefficient (Wildman–Crippen LogP) is -3.13. The molecule has 0 aliphatic rings. The molecule has 0 saturated carbocycles. The van der Waals surface area contributed by atoms with Crippen LogP contribution in [0.5, 0.6) is 0 Å². The normalized spacial score (nSPS) is 23.2. The van der Waals surface area contributed by atoms with Crippen molar-refractivity contribution in [2.24, 2.45) is 0 Å². The summed E-state index contributed by atoms with van der Waals surface area (Å²) < 4.78 is 58.2. The average Bonchev–Trinajstić information content (AvgIpc) is 2.31. The maximum Gasteiger partial charge on any atom is 1.00 e. The zero-order chi connectivity index (χ0) is 19.6. The maximum absolute atomic E-state index is 11.1. The van der Waals surface area contributed by atoms with Gasteiger partial charge < -0.3 is 34.1 Å². The van der Waals surface area contributed by atoms with Crippen LogP contribution in [0.25, 0.3) is 0 Å². The molecule has 2 unspecified atom stereocenters. The summed E-state index contributed by atoms with van der Waals surface area (Å²) in [5.41, 5.74) is 0. The molecule has 0 aliphatic carbocycles. The fourth-order valence-corrected chi connectivity index (χ4v) is 3.43. The van der Waals surface area contributed by atoms with E-state index in [-0.39, 0.29) is 55.5 Å². The van der Waals surface area contributed by atoms with Crippen molar-refractivity contribution < 1.29 is 70.2 Å². The molecule has 0 aromatic rings. The SMILES string of the molecule is [2H]C([2H])([2H])C([2H])([2H])CCCN(C)CCC(O)(P(=O)([O-])O)P(=O)(O)O.[Na+]. The maximum atomic E-state index is 11.1. The monoisotopic (exact) mass is 346 g/mol. The zero-order valence-corrected chi connectivity index (χ0v) is 15.2. The molecule has 0 heterocycles. The predicted molar refractivity (Wildman–Crippen MR) is 68.5 cm³/mol. The van der Waals surface area contributed by atoms with Gasteiger partial charge in [0.05, 0.1) is 0 Å². The van der Waals surface area contributed by atoms with Gasteiger partial charge in [0.1, 0.15) is 0 Å². The van der Waals surface area contributed by atoms with Gasteiger partial charge in [-0.15, -0.1) is 0 Å². The molecular formula is C9H22NNaO7P2. The van der Waals surface area contributed by atoms with Crippen molar-refractivity contribution in [3.63, 3.8) is 0 Å². The van der Waals surface area contributed by atoms with Crippen molar-refractivity contribution in [2.45, 2.75) is 37.6 Å². The molecule has 0 radical (unpaired) electrons. The Kier molecular flexibility index (Phi) is 6.94. The van der Waals surface area contributed by atoms with Gasteiger partial charge in [0.25, 0.3) is 0 Å². The third-order valence-electron chi connectivity index (χ3n) is 2.59. The Hall–Kier alpha value is 1.22. The van der Waals surface area contributed by atoms with E-state index in [4.69, 9.17) is 21.5 Å². The molecule has 0 amide bonds. The van der Waals surface area contributed by atoms with E-state index in [1.54, 1.807) is 0 Å². The second-order valence-electron chi connectivity index (χ2n) is 4.17. The van der Waals surface area contributed by atoms with Crippen molar-refractivity contribution in [3.8, 4) is 0 Å². The first-order valence-electron chi connectivity index (χ1n) is 7.86. The van der Waals surface area contributed by atoms with Crippen LogP contribution in [0, 0.1) is 0 Å². The molecule has 2 atom stereocenters. The largest absolute Gasteiger partial charge is 1.00 e. The molecule has 11 heteroatoms. The van der Waals surface area contributed by atoms with Gasteiger partial charge in [-0.25, -0.2) is 0 Å². The van der Waals surface area contributed by atoms with Gasteiger partial charge in [0.15, 0.2) is 7.60 Å². The number of aliphatic hydroxyl groups is 1. The van der Waals surface area contributed by atoms with E-state index in [1.807, 2.05) is 0 Å². The Balaban J connectivity index is 0. The first kappa shape index (κ1) is 14.8. The van der Waals surface area contributed by atoms with Crippen LogP contribution in [0.3, 0.4) is 0 Å². The molecule has 0 aromatic carbocycles. The minimum Gasteiger partial charge on any atom is -0.776 e. The first-order chi connectivity index (χ1) is 10.4. The van der Waals surface area contributed by atoms with Crippen molar-refractivity contribution >= 4 is 15.2 Å². The summed E-state index contributed by atoms with van der Waals surface area (Å²) in [5, 5.41) is 6.04. The number of rotatable bonds is 9. The Morgan fingerprint density at radius 2 is 1.85 bits per heavy atom. The fourth-order valence-electron chi connectivity index (χ4n) is 1.34. The van der Waals surface area contributed by atoms with E-state index in [2.05, 4.69) is 0 Å². The van der Waals surface area contributed by atoms with Crippen LogP contribution < -0.4 is 34.5 Å². The Labute approximate surface area is 148 Å². The van der Waals surface area contributed by atoms with Gasteiger partial charge in [0.2, 0.25) is 5.08 Å². The van der Waals surface area contributed by atoms with Crippen molar-refractivity contribution in [2.75, 3.05) is 20.1 Å². The fraction of sp³-hybridized carbons (Fsp3) is 1.00. The molecule has 116 valence electrons. The van der Waals surface area contributed by atoms with Crippen LogP contribution in [-0.2, 0) is 9.13 Å². The van der Waals surface area contributed by atoms with Crippen molar-refractivity contribution in [1.29, 1.82) is 0 Å². The average molecular weight is 346 g/mol. The van der Waals surface area contributed by atoms with E-state index in [1.165, 1.54) is 11.9 Å². The van der Waals surface area contributed by atoms with E-state index < -0.39 is 39.9 Å². The van der Waals surface area contributed by atoms with Gasteiger partial charge in [-0.2, -0.15) is 0 Å². The Bertz CT molecular complexity index is 501. The quantitative estimate of drug-likeness (QED) is 0.254. The van der Waals surface area contributed by atoms with Crippen LogP contribution in [0.1, 0.15) is 39.3 Å². The van der Waals surface area contributed by atoms with Gasteiger partial charge in [-0.3, -0.25) is 4.57 Å². The summed E-state index contributed by atoms with van der Waals surface area (Å²) in [6.45, 7) is -3.05. The van der Waals surface area contributed by atoms with Crippen LogP contribution >= 0.6 is 15.2 Å². The minimum absolute atomic E-state index is 0. The second-order valence-corrected chi connectivity index (χ2v) is 8.13. The third-order valence-corrected chi connectivity index (χ3v) is 6.41. The molecular weight excluding hydrogens is 319 g/mol. The standard InChI is InChI=1S/C9H23NO7P2.Na/c1-3-4-5-7-10(2)8-6-9(11,18(12,13)14)19(15,16)17;/h11H,3-8H2,1-2H3,(H2,12,13,14)(H2,15,16,17);/q;+1/p-1/i1D3,3D2;. The van der Waals surface area contributed by atoms with Gasteiger partial charge in [-0.1, -0.05) is 19.6 Å². The van der Waals surface area contributed by atoms with Gasteiger partial charge in [-0.05, 0) is 20.0 Å². The summed E-state index contributed by atoms with van der Waals surface area (Å²) in [6, 6.07) is 0. The summed E-state index contributed by atoms with van der Waals surface area (Å²) in [6.07, 6.45) is -3.62. The summed E-state index contributed by atoms with van der Waals surface area (Å²) in [4.78, 5) is 39.2. The summed E-state index contributed by atoms with van der Waals surface area (Å²) >= 11 is 0. The second kappa shape index (κ2) is 9.38. The molecule has 8 nitrogen and oxygen atoms in total. The molecule has 0 fully saturated rings. The number of nitrogens with zero attached hydrogens (tertiary/aromatic N) is 1. The Morgan fingerprint density at radius 1 is 1.30 bits per heavy atom. The van der Waals surface area contributed by atoms with Crippen LogP contribution in [-0.4, -0.2) is 49.9 Å². The van der Waals surface area contributed by atoms with Crippen LogP contribution in [0.2, 0.25) is 0 Å². The van der Waals surface area contributed by atoms with E-state index in [0.29, 0.717) is 0 Å². The van der Waals surface area contributed by atoms with Gasteiger partial charge in [0, 0.05) is 19.8 Å². The number of hydrogen-bond donors (Lipinski definition) is 4. The van der Waals surface area contributed by atoms with Crippen LogP contribution in [0.4, 0.5) is 0 Å². The smallest absolute Gasteiger partial charge is 0.776 e. The molecule has 0 bridgehead atoms. The number of hydrogen-bond acceptors (Lipinski definition) is 5. The molecule has 0 spiro atoms.